The summed E-state index contributed by atoms with van der Waals surface area (Å²) in [6.07, 6.45) is 0.624. The molecule has 1 fully saturated rings. The van der Waals surface area contributed by atoms with Gasteiger partial charge >= 0.3 is 5.97 Å². The van der Waals surface area contributed by atoms with Crippen molar-refractivity contribution < 1.29 is 86.9 Å². The second-order valence-corrected chi connectivity index (χ2v) is 32.4. The van der Waals surface area contributed by atoms with Gasteiger partial charge in [-0.1, -0.05) is 169 Å². The van der Waals surface area contributed by atoms with Crippen LogP contribution in [-0.2, 0) is 109 Å². The molecule has 2 heterocycles. The van der Waals surface area contributed by atoms with Crippen LogP contribution in [0.3, 0.4) is 0 Å². The molecule has 14 N–H and O–H groups in total. The Labute approximate surface area is 713 Å². The number of para-hydroxylation sites is 1. The molecule has 0 spiro atoms. The minimum atomic E-state index is -1.89. The van der Waals surface area contributed by atoms with Crippen molar-refractivity contribution in [3.8, 4) is 5.75 Å². The maximum Gasteiger partial charge on any atom is 0.305 e. The van der Waals surface area contributed by atoms with Gasteiger partial charge in [0.1, 0.15) is 72.2 Å². The van der Waals surface area contributed by atoms with Crippen molar-refractivity contribution in [3.05, 3.63) is 174 Å². The van der Waals surface area contributed by atoms with E-state index < -0.39 is 199 Å². The van der Waals surface area contributed by atoms with Crippen LogP contribution in [-0.4, -0.2) is 267 Å². The van der Waals surface area contributed by atoms with Gasteiger partial charge in [0.25, 0.3) is 0 Å². The molecule has 7 rings (SSSR count). The smallest absolute Gasteiger partial charge is 0.305 e. The van der Waals surface area contributed by atoms with Crippen LogP contribution in [0.1, 0.15) is 101 Å². The summed E-state index contributed by atoms with van der Waals surface area (Å²) in [6.45, 7) is 7.60. The van der Waals surface area contributed by atoms with Crippen LogP contribution < -0.4 is 53.6 Å². The van der Waals surface area contributed by atoms with E-state index in [4.69, 9.17) is 5.73 Å². The van der Waals surface area contributed by atoms with E-state index >= 15 is 24.0 Å². The SMILES string of the molecule is CCCC[C@H]1C(=O)N(C)CC(=O)N[C@@H](CC(=O)O)C(=O)NC(C(C)C)C(=O)N(C)[C@@H](Cc2ccccc2)C(=O)N[C@@H](Cc2ccc(O)cc2)C(=O)N(C)CC(=O)N[C@@H](Cc2c[nH]c3ccccc23)C(=O)N[C@@H](C)C(=O)N[C@@H](CC(C)C)C(=O)N[C@H](C(=O)NCC(N)=O)CSCC(=O)N[C@@H](Cc2ccccc2)C(=O)N(C)[C@@H](Cc2ccccc2)C(=O)N1C. The third-order valence-corrected chi connectivity index (χ3v) is 21.8. The number of H-pyrrole nitrogens is 1. The number of primary amides is 1. The lowest BCUT2D eigenvalue weighted by Crippen LogP contribution is -2.61. The number of fused-ring (bicyclic) bond motifs is 1. The summed E-state index contributed by atoms with van der Waals surface area (Å²) in [5.74, 6) is -16.8. The van der Waals surface area contributed by atoms with Crippen LogP contribution in [0.2, 0.25) is 0 Å². The average molecular weight is 1700 g/mol. The Bertz CT molecular complexity index is 4650. The molecular formula is C87H114N16O18S. The highest BCUT2D eigenvalue weighted by atomic mass is 32.2. The Hall–Kier alpha value is -12.7. The Morgan fingerprint density at radius 2 is 0.992 bits per heavy atom. The molecule has 6 aromatic rings. The number of nitrogens with zero attached hydrogens (tertiary/aromatic N) is 5. The number of benzene rings is 5. The second kappa shape index (κ2) is 46.8. The maximum atomic E-state index is 15.5. The number of likely N-dealkylation sites (N-methyl/N-ethyl adjacent to an activating group) is 5. The third-order valence-electron chi connectivity index (χ3n) is 20.8. The molecule has 34 nitrogen and oxygen atoms in total. The number of aromatic nitrogens is 1. The van der Waals surface area contributed by atoms with Gasteiger partial charge < -0.3 is 93.3 Å². The van der Waals surface area contributed by atoms with Gasteiger partial charge in [-0.15, -0.1) is 11.8 Å². The summed E-state index contributed by atoms with van der Waals surface area (Å²) in [4.78, 5) is 240. The zero-order chi connectivity index (χ0) is 89.6. The van der Waals surface area contributed by atoms with Gasteiger partial charge in [0, 0.05) is 90.2 Å². The van der Waals surface area contributed by atoms with Gasteiger partial charge in [0.05, 0.1) is 31.8 Å². The van der Waals surface area contributed by atoms with Gasteiger partial charge in [-0.25, -0.2) is 0 Å². The summed E-state index contributed by atoms with van der Waals surface area (Å²) in [7, 11) is 6.56. The molecule has 1 saturated heterocycles. The number of aromatic hydroxyl groups is 1. The van der Waals surface area contributed by atoms with Crippen LogP contribution in [0.25, 0.3) is 10.9 Å². The Morgan fingerprint density at radius 1 is 0.500 bits per heavy atom. The highest BCUT2D eigenvalue weighted by Crippen LogP contribution is 2.24. The number of phenolic OH excluding ortho intramolecular Hbond substituents is 1. The number of aliphatic carboxylic acids is 1. The van der Waals surface area contributed by atoms with E-state index in [0.29, 0.717) is 51.6 Å². The molecule has 122 heavy (non-hydrogen) atoms. The van der Waals surface area contributed by atoms with Gasteiger partial charge in [0.15, 0.2) is 0 Å². The van der Waals surface area contributed by atoms with E-state index in [1.54, 1.807) is 149 Å². The minimum Gasteiger partial charge on any atom is -0.508 e. The number of rotatable bonds is 21. The first-order valence-electron chi connectivity index (χ1n) is 40.4. The zero-order valence-electron chi connectivity index (χ0n) is 70.6. The largest absolute Gasteiger partial charge is 0.508 e. The normalized spacial score (nSPS) is 22.5. The number of aromatic amines is 1. The molecular weight excluding hydrogens is 1590 g/mol. The van der Waals surface area contributed by atoms with Crippen LogP contribution >= 0.6 is 11.8 Å². The molecule has 1 aliphatic heterocycles. The fourth-order valence-corrected chi connectivity index (χ4v) is 14.9. The number of carbonyl (C=O) groups excluding carboxylic acids is 15. The number of carboxylic acids is 1. The molecule has 0 bridgehead atoms. The number of carboxylic acid groups (broad SMARTS) is 1. The third kappa shape index (κ3) is 29.1. The second-order valence-electron chi connectivity index (χ2n) is 31.4. The van der Waals surface area contributed by atoms with Crippen molar-refractivity contribution in [3.63, 3.8) is 0 Å². The van der Waals surface area contributed by atoms with Gasteiger partial charge in [-0.3, -0.25) is 76.7 Å². The lowest BCUT2D eigenvalue weighted by molar-refractivity contribution is -0.151. The van der Waals surface area contributed by atoms with Crippen molar-refractivity contribution in [2.75, 3.05) is 66.4 Å². The van der Waals surface area contributed by atoms with Crippen LogP contribution in [0.15, 0.2) is 146 Å². The summed E-state index contributed by atoms with van der Waals surface area (Å²) in [6, 6.07) is 22.2. The van der Waals surface area contributed by atoms with Crippen molar-refractivity contribution in [2.45, 2.75) is 172 Å². The van der Waals surface area contributed by atoms with Crippen molar-refractivity contribution in [1.82, 2.24) is 77.3 Å². The predicted molar refractivity (Wildman–Crippen MR) is 456 cm³/mol. The predicted octanol–water partition coefficient (Wildman–Crippen LogP) is 1.40. The average Bonchev–Trinajstić information content (AvgIpc) is 1.79. The van der Waals surface area contributed by atoms with Gasteiger partial charge in [-0.2, -0.15) is 0 Å². The molecule has 35 heteroatoms. The minimum absolute atomic E-state index is 0.0353. The highest BCUT2D eigenvalue weighted by Gasteiger charge is 2.42. The summed E-state index contributed by atoms with van der Waals surface area (Å²) in [5, 5.41) is 44.8. The quantitative estimate of drug-likeness (QED) is 0.0484. The number of amides is 15. The Kier molecular flexibility index (Phi) is 37.0. The number of unbranched alkanes of at least 4 members (excludes halogenated alkanes) is 1. The molecule has 1 unspecified atom stereocenters. The first-order chi connectivity index (χ1) is 57.9. The molecule has 0 aliphatic carbocycles. The van der Waals surface area contributed by atoms with Gasteiger partial charge in [-0.05, 0) is 77.6 Å². The Balaban J connectivity index is 1.29. The molecule has 5 aromatic carbocycles. The molecule has 1 aliphatic rings. The molecule has 15 amide bonds. The first-order valence-corrected chi connectivity index (χ1v) is 41.6. The topological polar surface area (TPSA) is 480 Å². The van der Waals surface area contributed by atoms with E-state index in [1.807, 2.05) is 6.92 Å². The molecule has 11 atom stereocenters. The zero-order valence-corrected chi connectivity index (χ0v) is 71.4. The van der Waals surface area contributed by atoms with Gasteiger partial charge in [0.2, 0.25) is 88.6 Å². The molecule has 0 saturated carbocycles. The lowest BCUT2D eigenvalue weighted by atomic mass is 9.98. The van der Waals surface area contributed by atoms with E-state index in [-0.39, 0.29) is 62.4 Å². The van der Waals surface area contributed by atoms with Crippen molar-refractivity contribution in [1.29, 1.82) is 0 Å². The fraction of sp³-hybridized carbons (Fsp3) is 0.448. The molecule has 0 radical (unpaired) electrons. The summed E-state index contributed by atoms with van der Waals surface area (Å²) in [5.41, 5.74) is 8.78. The van der Waals surface area contributed by atoms with Crippen LogP contribution in [0, 0.1) is 11.8 Å². The van der Waals surface area contributed by atoms with E-state index in [1.165, 1.54) is 76.2 Å². The lowest BCUT2D eigenvalue weighted by Gasteiger charge is -2.37. The van der Waals surface area contributed by atoms with Crippen LogP contribution in [0.4, 0.5) is 0 Å². The number of nitrogens with two attached hydrogens (primary N) is 1. The summed E-state index contributed by atoms with van der Waals surface area (Å²) >= 11 is 0.845. The monoisotopic (exact) mass is 1700 g/mol. The highest BCUT2D eigenvalue weighted by molar-refractivity contribution is 8.00. The number of nitrogens with one attached hydrogen (secondary N) is 10. The number of hydrogen-bond acceptors (Lipinski definition) is 18. The number of thioether (sulfide) groups is 1. The Morgan fingerprint density at radius 3 is 1.56 bits per heavy atom. The summed E-state index contributed by atoms with van der Waals surface area (Å²) < 4.78 is 0. The van der Waals surface area contributed by atoms with Crippen LogP contribution in [0.5, 0.6) is 5.75 Å². The number of hydrogen-bond donors (Lipinski definition) is 13. The van der Waals surface area contributed by atoms with Crippen molar-refractivity contribution in [2.24, 2.45) is 17.6 Å². The fourth-order valence-electron chi connectivity index (χ4n) is 14.0. The maximum absolute atomic E-state index is 15.5. The van der Waals surface area contributed by atoms with Crippen molar-refractivity contribution >= 4 is 117 Å². The van der Waals surface area contributed by atoms with E-state index in [0.717, 1.165) is 26.5 Å². The molecule has 1 aromatic heterocycles. The van der Waals surface area contributed by atoms with E-state index in [9.17, 15) is 63.0 Å². The first kappa shape index (κ1) is 96.4. The van der Waals surface area contributed by atoms with E-state index in [2.05, 4.69) is 52.8 Å². The number of carbonyl (C=O) groups is 16. The number of phenols is 1. The molecule has 656 valence electrons. The standard InChI is InChI=1S/C87H114N16O18S/c1-12-13-33-68-85(119)100(8)48-73(107)93-64(44-75(109)110)81(115)98-76(52(4)5)87(121)102(10)69(41-55-27-19-15-20-28-55)82(116)96-65(40-57-34-36-59(104)37-35-57)83(117)99(7)47-72(106)92-63(43-58-45-89-61-32-24-23-31-60(58)61)79(113)91-53(6)77(111)95-62(38-51(2)3)80(114)97-67(78(112)90-46-71(88)105)49-122-50-74(108)94-66(39-54-25-17-14-18-26-54)84(118)103(11)70(86(120)101(68)9)42-56-29-21-16-22-30-56/h14-32,34-37,45,51-53,62-70,76,89,104H,12-13,33,38-44,46-50H2,1-11H3,(H2,88,105)(H,90,112)(H,91,113)(H,92,106)(H,93,107)(H,94,108)(H,95,111)(H,96,116)(H,97,114)(H,98,115)(H,109,110)/t53-,62-,63-,64-,65-,66-,67-,68-,69-,70-,76?/m0/s1.